The highest BCUT2D eigenvalue weighted by Crippen LogP contribution is 2.36. The number of benzene rings is 2. The van der Waals surface area contributed by atoms with E-state index in [2.05, 4.69) is 15.9 Å². The molecule has 0 atom stereocenters. The Kier molecular flexibility index (Phi) is 5.99. The zero-order chi connectivity index (χ0) is 20.3. The largest absolute Gasteiger partial charge is 0.494 e. The molecule has 1 aliphatic heterocycles. The average molecular weight is 442 g/mol. The highest BCUT2D eigenvalue weighted by Gasteiger charge is 2.37. The monoisotopic (exact) mass is 441 g/mol. The number of carbonyl (C=O) groups is 2. The quantitative estimate of drug-likeness (QED) is 0.497. The fraction of sp³-hybridized carbons (Fsp3) is 0.182. The van der Waals surface area contributed by atoms with Gasteiger partial charge in [0.15, 0.2) is 0 Å². The van der Waals surface area contributed by atoms with Crippen molar-refractivity contribution in [2.75, 3.05) is 18.6 Å². The van der Waals surface area contributed by atoms with Gasteiger partial charge >= 0.3 is 5.97 Å². The summed E-state index contributed by atoms with van der Waals surface area (Å²) >= 11 is 3.42. The summed E-state index contributed by atoms with van der Waals surface area (Å²) in [5.41, 5.74) is 2.56. The molecule has 0 N–H and O–H groups in total. The van der Waals surface area contributed by atoms with Gasteiger partial charge in [0, 0.05) is 15.9 Å². The van der Waals surface area contributed by atoms with Gasteiger partial charge in [-0.25, -0.2) is 4.79 Å². The first-order valence-electron chi connectivity index (χ1n) is 8.80. The fourth-order valence-electron chi connectivity index (χ4n) is 3.11. The van der Waals surface area contributed by atoms with Gasteiger partial charge in [0.1, 0.15) is 5.75 Å². The van der Waals surface area contributed by atoms with E-state index >= 15 is 0 Å². The number of rotatable bonds is 5. The highest BCUT2D eigenvalue weighted by molar-refractivity contribution is 9.10. The van der Waals surface area contributed by atoms with Crippen LogP contribution in [-0.2, 0) is 14.3 Å². The number of methoxy groups -OCH3 is 1. The molecule has 3 rings (SSSR count). The first-order chi connectivity index (χ1) is 13.5. The Morgan fingerprint density at radius 2 is 1.89 bits per heavy atom. The predicted molar refractivity (Wildman–Crippen MR) is 112 cm³/mol. The van der Waals surface area contributed by atoms with Gasteiger partial charge in [-0.1, -0.05) is 28.1 Å². The molecule has 0 aromatic heterocycles. The first kappa shape index (κ1) is 19.9. The lowest BCUT2D eigenvalue weighted by Crippen LogP contribution is -2.24. The van der Waals surface area contributed by atoms with Crippen LogP contribution in [0.3, 0.4) is 0 Å². The number of carbonyl (C=O) groups excluding carboxylic acids is 2. The second-order valence-electron chi connectivity index (χ2n) is 6.13. The van der Waals surface area contributed by atoms with Crippen LogP contribution in [0.25, 0.3) is 6.08 Å². The number of anilines is 1. The van der Waals surface area contributed by atoms with Crippen molar-refractivity contribution in [3.05, 3.63) is 75.4 Å². The maximum absolute atomic E-state index is 13.2. The van der Waals surface area contributed by atoms with Gasteiger partial charge in [-0.05, 0) is 61.9 Å². The van der Waals surface area contributed by atoms with E-state index in [1.54, 1.807) is 37.3 Å². The molecule has 2 aromatic rings. The van der Waals surface area contributed by atoms with Crippen LogP contribution >= 0.6 is 15.9 Å². The van der Waals surface area contributed by atoms with Crippen LogP contribution in [0.4, 0.5) is 5.69 Å². The van der Waals surface area contributed by atoms with Gasteiger partial charge in [-0.15, -0.1) is 0 Å². The van der Waals surface area contributed by atoms with E-state index in [9.17, 15) is 9.59 Å². The number of halogens is 1. The summed E-state index contributed by atoms with van der Waals surface area (Å²) in [6, 6.07) is 14.7. The third kappa shape index (κ3) is 3.87. The van der Waals surface area contributed by atoms with Gasteiger partial charge in [-0.2, -0.15) is 0 Å². The lowest BCUT2D eigenvalue weighted by Gasteiger charge is -2.18. The Morgan fingerprint density at radius 3 is 2.50 bits per heavy atom. The summed E-state index contributed by atoms with van der Waals surface area (Å²) in [5.74, 6) is -0.0970. The normalized spacial score (nSPS) is 15.4. The minimum absolute atomic E-state index is 0.265. The van der Waals surface area contributed by atoms with E-state index < -0.39 is 5.97 Å². The summed E-state index contributed by atoms with van der Waals surface area (Å²) in [4.78, 5) is 27.2. The lowest BCUT2D eigenvalue weighted by molar-refractivity contribution is -0.136. The summed E-state index contributed by atoms with van der Waals surface area (Å²) in [7, 11) is 1.31. The molecule has 1 aliphatic rings. The maximum Gasteiger partial charge on any atom is 0.340 e. The molecule has 5 nitrogen and oxygen atoms in total. The smallest absolute Gasteiger partial charge is 0.340 e. The summed E-state index contributed by atoms with van der Waals surface area (Å²) < 4.78 is 11.3. The number of nitrogens with zero attached hydrogens (tertiary/aromatic N) is 1. The Bertz CT molecular complexity index is 976. The van der Waals surface area contributed by atoms with E-state index in [-0.39, 0.29) is 11.5 Å². The number of allylic oxidation sites excluding steroid dienone is 1. The molecule has 0 unspecified atom stereocenters. The molecule has 0 spiro atoms. The van der Waals surface area contributed by atoms with E-state index in [1.165, 1.54) is 12.0 Å². The minimum Gasteiger partial charge on any atom is -0.494 e. The molecule has 0 bridgehead atoms. The highest BCUT2D eigenvalue weighted by atomic mass is 79.9. The van der Waals surface area contributed by atoms with Gasteiger partial charge in [0.2, 0.25) is 0 Å². The third-order valence-electron chi connectivity index (χ3n) is 4.36. The van der Waals surface area contributed by atoms with Crippen LogP contribution in [0.1, 0.15) is 19.4 Å². The Balaban J connectivity index is 2.07. The lowest BCUT2D eigenvalue weighted by atomic mass is 10.0. The molecule has 1 heterocycles. The molecule has 2 aromatic carbocycles. The zero-order valence-electron chi connectivity index (χ0n) is 15.9. The van der Waals surface area contributed by atoms with E-state index in [0.29, 0.717) is 23.6 Å². The average Bonchev–Trinajstić information content (AvgIpc) is 2.92. The Hall–Kier alpha value is -2.86. The summed E-state index contributed by atoms with van der Waals surface area (Å²) in [6.07, 6.45) is 1.71. The van der Waals surface area contributed by atoms with Crippen molar-refractivity contribution in [1.82, 2.24) is 0 Å². The SMILES string of the molecule is CCOc1ccc(N2C(=O)/C(=C\c3cccc(Br)c3)C(C(=O)OC)=C2C)cc1. The number of ether oxygens (including phenoxy) is 2. The van der Waals surface area contributed by atoms with E-state index in [1.807, 2.05) is 31.2 Å². The van der Waals surface area contributed by atoms with Crippen molar-refractivity contribution in [2.24, 2.45) is 0 Å². The third-order valence-corrected chi connectivity index (χ3v) is 4.85. The van der Waals surface area contributed by atoms with Gasteiger partial charge in [0.25, 0.3) is 5.91 Å². The van der Waals surface area contributed by atoms with Crippen molar-refractivity contribution in [3.63, 3.8) is 0 Å². The molecule has 0 saturated heterocycles. The fourth-order valence-corrected chi connectivity index (χ4v) is 3.53. The molecular weight excluding hydrogens is 422 g/mol. The van der Waals surface area contributed by atoms with Gasteiger partial charge < -0.3 is 9.47 Å². The summed E-state index contributed by atoms with van der Waals surface area (Å²) in [6.45, 7) is 4.21. The maximum atomic E-state index is 13.2. The second kappa shape index (κ2) is 8.44. The molecule has 0 radical (unpaired) electrons. The predicted octanol–water partition coefficient (Wildman–Crippen LogP) is 4.73. The first-order valence-corrected chi connectivity index (χ1v) is 9.59. The van der Waals surface area contributed by atoms with Crippen LogP contribution in [0, 0.1) is 0 Å². The Morgan fingerprint density at radius 1 is 1.18 bits per heavy atom. The summed E-state index contributed by atoms with van der Waals surface area (Å²) in [5, 5.41) is 0. The Labute approximate surface area is 172 Å². The molecule has 1 amide bonds. The molecule has 0 aliphatic carbocycles. The molecule has 144 valence electrons. The minimum atomic E-state index is -0.541. The van der Waals surface area contributed by atoms with Crippen LogP contribution in [0.2, 0.25) is 0 Å². The van der Waals surface area contributed by atoms with Gasteiger partial charge in [-0.3, -0.25) is 9.69 Å². The van der Waals surface area contributed by atoms with Crippen molar-refractivity contribution >= 4 is 39.6 Å². The molecular formula is C22H20BrNO4. The van der Waals surface area contributed by atoms with Crippen LogP contribution in [0.15, 0.2) is 69.8 Å². The number of hydrogen-bond acceptors (Lipinski definition) is 4. The van der Waals surface area contributed by atoms with Crippen molar-refractivity contribution in [3.8, 4) is 5.75 Å². The van der Waals surface area contributed by atoms with Crippen molar-refractivity contribution in [2.45, 2.75) is 13.8 Å². The zero-order valence-corrected chi connectivity index (χ0v) is 17.4. The second-order valence-corrected chi connectivity index (χ2v) is 7.05. The van der Waals surface area contributed by atoms with Crippen molar-refractivity contribution in [1.29, 1.82) is 0 Å². The van der Waals surface area contributed by atoms with Crippen LogP contribution < -0.4 is 9.64 Å². The number of hydrogen-bond donors (Lipinski definition) is 0. The number of esters is 1. The van der Waals surface area contributed by atoms with Gasteiger partial charge in [0.05, 0.1) is 24.9 Å². The standard InChI is InChI=1S/C22H20BrNO4/c1-4-28-18-10-8-17(9-11-18)24-14(2)20(22(26)27-3)19(21(24)25)13-15-6-5-7-16(23)12-15/h5-13H,4H2,1-3H3/b19-13-. The molecule has 0 fully saturated rings. The molecule has 6 heteroatoms. The van der Waals surface area contributed by atoms with E-state index in [4.69, 9.17) is 9.47 Å². The molecule has 28 heavy (non-hydrogen) atoms. The van der Waals surface area contributed by atoms with Crippen LogP contribution in [-0.4, -0.2) is 25.6 Å². The topological polar surface area (TPSA) is 55.8 Å². The van der Waals surface area contributed by atoms with Crippen molar-refractivity contribution < 1.29 is 19.1 Å². The van der Waals surface area contributed by atoms with Crippen LogP contribution in [0.5, 0.6) is 5.75 Å². The molecule has 0 saturated carbocycles. The number of amides is 1. The van der Waals surface area contributed by atoms with E-state index in [0.717, 1.165) is 15.8 Å².